The summed E-state index contributed by atoms with van der Waals surface area (Å²) in [5.41, 5.74) is 6.60. The van der Waals surface area contributed by atoms with Gasteiger partial charge >= 0.3 is 0 Å². The number of benzene rings is 1. The Balaban J connectivity index is 2.05. The van der Waals surface area contributed by atoms with Crippen LogP contribution in [0.1, 0.15) is 31.4 Å². The van der Waals surface area contributed by atoms with Crippen LogP contribution in [0, 0.1) is 0 Å². The maximum absolute atomic E-state index is 12.1. The predicted molar refractivity (Wildman–Crippen MR) is 77.7 cm³/mol. The summed E-state index contributed by atoms with van der Waals surface area (Å²) in [6.07, 6.45) is 1.39. The zero-order chi connectivity index (χ0) is 13.8. The van der Waals surface area contributed by atoms with Crippen LogP contribution < -0.4 is 11.1 Å². The van der Waals surface area contributed by atoms with E-state index in [0.29, 0.717) is 0 Å². The van der Waals surface area contributed by atoms with Crippen LogP contribution in [0.25, 0.3) is 0 Å². The van der Waals surface area contributed by atoms with Gasteiger partial charge in [-0.15, -0.1) is 0 Å². The molecule has 1 fully saturated rings. The molecule has 1 saturated heterocycles. The van der Waals surface area contributed by atoms with Gasteiger partial charge < -0.3 is 15.8 Å². The highest BCUT2D eigenvalue weighted by Crippen LogP contribution is 2.20. The van der Waals surface area contributed by atoms with Crippen LogP contribution in [0.3, 0.4) is 0 Å². The molecule has 1 aliphatic rings. The van der Waals surface area contributed by atoms with Gasteiger partial charge in [0.1, 0.15) is 17.1 Å². The fourth-order valence-electron chi connectivity index (χ4n) is 2.19. The van der Waals surface area contributed by atoms with Crippen molar-refractivity contribution in [1.29, 1.82) is 0 Å². The van der Waals surface area contributed by atoms with Crippen molar-refractivity contribution in [2.75, 3.05) is 0 Å². The van der Waals surface area contributed by atoms with E-state index in [9.17, 15) is 4.79 Å². The number of amides is 1. The summed E-state index contributed by atoms with van der Waals surface area (Å²) in [6.45, 7) is 1.97. The molecule has 0 bridgehead atoms. The van der Waals surface area contributed by atoms with Crippen LogP contribution in [0.4, 0.5) is 0 Å². The number of ether oxygens (including phenoxy) is 1. The normalized spacial score (nSPS) is 23.8. The molecule has 1 heterocycles. The molecule has 4 nitrogen and oxygen atoms in total. The topological polar surface area (TPSA) is 64.4 Å². The van der Waals surface area contributed by atoms with Crippen LogP contribution in [0.2, 0.25) is 0 Å². The zero-order valence-electron chi connectivity index (χ0n) is 10.8. The van der Waals surface area contributed by atoms with E-state index >= 15 is 0 Å². The standard InChI is InChI=1S/C14H18N2O2S/c1-9-7-8-11(18-9)14(17)16-12(13(15)19)10-5-3-2-4-6-10/h2-6,9,11-12H,7-8H2,1H3,(H2,15,19)(H,16,17). The molecule has 1 aliphatic heterocycles. The molecule has 3 atom stereocenters. The predicted octanol–water partition coefficient (Wildman–Crippen LogP) is 1.70. The second kappa shape index (κ2) is 6.12. The second-order valence-electron chi connectivity index (χ2n) is 4.77. The van der Waals surface area contributed by atoms with E-state index in [2.05, 4.69) is 5.32 Å². The molecule has 1 amide bonds. The van der Waals surface area contributed by atoms with Crippen molar-refractivity contribution in [3.8, 4) is 0 Å². The van der Waals surface area contributed by atoms with Gasteiger partial charge in [-0.1, -0.05) is 42.5 Å². The van der Waals surface area contributed by atoms with Crippen molar-refractivity contribution >= 4 is 23.1 Å². The molecular formula is C14H18N2O2S. The smallest absolute Gasteiger partial charge is 0.249 e. The molecule has 0 radical (unpaired) electrons. The Morgan fingerprint density at radius 2 is 2.11 bits per heavy atom. The van der Waals surface area contributed by atoms with E-state index in [0.717, 1.165) is 18.4 Å². The van der Waals surface area contributed by atoms with Crippen molar-refractivity contribution < 1.29 is 9.53 Å². The highest BCUT2D eigenvalue weighted by molar-refractivity contribution is 7.80. The Labute approximate surface area is 118 Å². The fraction of sp³-hybridized carbons (Fsp3) is 0.429. The van der Waals surface area contributed by atoms with Gasteiger partial charge in [0.05, 0.1) is 6.10 Å². The number of rotatable bonds is 4. The third-order valence-electron chi connectivity index (χ3n) is 3.23. The molecule has 5 heteroatoms. The van der Waals surface area contributed by atoms with Crippen molar-refractivity contribution in [2.24, 2.45) is 5.73 Å². The molecule has 102 valence electrons. The van der Waals surface area contributed by atoms with E-state index in [4.69, 9.17) is 22.7 Å². The maximum atomic E-state index is 12.1. The van der Waals surface area contributed by atoms with Crippen LogP contribution in [-0.2, 0) is 9.53 Å². The summed E-state index contributed by atoms with van der Waals surface area (Å²) in [6, 6.07) is 9.03. The molecule has 3 unspecified atom stereocenters. The zero-order valence-corrected chi connectivity index (χ0v) is 11.7. The number of thiocarbonyl (C=S) groups is 1. The lowest BCUT2D eigenvalue weighted by Gasteiger charge is -2.20. The lowest BCUT2D eigenvalue weighted by atomic mass is 10.1. The molecule has 1 aromatic rings. The highest BCUT2D eigenvalue weighted by Gasteiger charge is 2.30. The quantitative estimate of drug-likeness (QED) is 0.823. The number of hydrogen-bond acceptors (Lipinski definition) is 3. The molecule has 0 aliphatic carbocycles. The Kier molecular flexibility index (Phi) is 4.50. The van der Waals surface area contributed by atoms with Crippen LogP contribution in [0.15, 0.2) is 30.3 Å². The third-order valence-corrected chi connectivity index (χ3v) is 3.46. The number of hydrogen-bond donors (Lipinski definition) is 2. The SMILES string of the molecule is CC1CCC(C(=O)NC(C(N)=S)c2ccccc2)O1. The number of nitrogens with two attached hydrogens (primary N) is 1. The Morgan fingerprint density at radius 1 is 1.42 bits per heavy atom. The van der Waals surface area contributed by atoms with Crippen molar-refractivity contribution in [3.05, 3.63) is 35.9 Å². The van der Waals surface area contributed by atoms with Crippen molar-refractivity contribution in [3.63, 3.8) is 0 Å². The first-order chi connectivity index (χ1) is 9.08. The molecule has 2 rings (SSSR count). The molecule has 0 saturated carbocycles. The first-order valence-electron chi connectivity index (χ1n) is 6.38. The van der Waals surface area contributed by atoms with Gasteiger partial charge in [0.2, 0.25) is 5.91 Å². The Bertz CT molecular complexity index is 464. The molecular weight excluding hydrogens is 260 g/mol. The molecule has 0 aromatic heterocycles. The number of nitrogens with one attached hydrogen (secondary N) is 1. The van der Waals surface area contributed by atoms with Crippen LogP contribution in [0.5, 0.6) is 0 Å². The van der Waals surface area contributed by atoms with E-state index < -0.39 is 12.1 Å². The minimum atomic E-state index is -0.441. The molecule has 19 heavy (non-hydrogen) atoms. The van der Waals surface area contributed by atoms with Gasteiger partial charge in [-0.25, -0.2) is 0 Å². The van der Waals surface area contributed by atoms with Gasteiger partial charge in [-0.2, -0.15) is 0 Å². The van der Waals surface area contributed by atoms with Crippen molar-refractivity contribution in [1.82, 2.24) is 5.32 Å². The molecule has 3 N–H and O–H groups in total. The van der Waals surface area contributed by atoms with E-state index in [1.165, 1.54) is 0 Å². The lowest BCUT2D eigenvalue weighted by Crippen LogP contribution is -2.41. The minimum absolute atomic E-state index is 0.135. The third kappa shape index (κ3) is 3.52. The van der Waals surface area contributed by atoms with Crippen molar-refractivity contribution in [2.45, 2.75) is 38.0 Å². The summed E-state index contributed by atoms with van der Waals surface area (Å²) in [7, 11) is 0. The summed E-state index contributed by atoms with van der Waals surface area (Å²) in [4.78, 5) is 12.4. The van der Waals surface area contributed by atoms with Crippen LogP contribution in [-0.4, -0.2) is 23.1 Å². The van der Waals surface area contributed by atoms with Gasteiger partial charge in [0.15, 0.2) is 0 Å². The Morgan fingerprint density at radius 3 is 2.63 bits per heavy atom. The van der Waals surface area contributed by atoms with E-state index in [1.54, 1.807) is 0 Å². The van der Waals surface area contributed by atoms with Gasteiger partial charge in [0.25, 0.3) is 0 Å². The van der Waals surface area contributed by atoms with E-state index in [1.807, 2.05) is 37.3 Å². The lowest BCUT2D eigenvalue weighted by molar-refractivity contribution is -0.132. The van der Waals surface area contributed by atoms with E-state index in [-0.39, 0.29) is 17.0 Å². The number of carbonyl (C=O) groups excluding carboxylic acids is 1. The average molecular weight is 278 g/mol. The van der Waals surface area contributed by atoms with Gasteiger partial charge in [-0.05, 0) is 25.3 Å². The first kappa shape index (κ1) is 14.0. The molecule has 1 aromatic carbocycles. The summed E-state index contributed by atoms with van der Waals surface area (Å²) in [5.74, 6) is -0.147. The largest absolute Gasteiger partial charge is 0.391 e. The Hall–Kier alpha value is -1.46. The molecule has 0 spiro atoms. The highest BCUT2D eigenvalue weighted by atomic mass is 32.1. The first-order valence-corrected chi connectivity index (χ1v) is 6.79. The summed E-state index contributed by atoms with van der Waals surface area (Å²) in [5, 5.41) is 2.87. The fourth-order valence-corrected chi connectivity index (χ4v) is 2.39. The van der Waals surface area contributed by atoms with Crippen LogP contribution >= 0.6 is 12.2 Å². The summed E-state index contributed by atoms with van der Waals surface area (Å²) >= 11 is 5.04. The second-order valence-corrected chi connectivity index (χ2v) is 5.24. The number of carbonyl (C=O) groups is 1. The maximum Gasteiger partial charge on any atom is 0.249 e. The van der Waals surface area contributed by atoms with Gasteiger partial charge in [0, 0.05) is 0 Å². The monoisotopic (exact) mass is 278 g/mol. The minimum Gasteiger partial charge on any atom is -0.391 e. The summed E-state index contributed by atoms with van der Waals surface area (Å²) < 4.78 is 5.54. The van der Waals surface area contributed by atoms with Gasteiger partial charge in [-0.3, -0.25) is 4.79 Å². The average Bonchev–Trinajstić information content (AvgIpc) is 2.83.